The van der Waals surface area contributed by atoms with Crippen LogP contribution >= 0.6 is 0 Å². The number of H-pyrrole nitrogens is 2. The number of imidazole rings is 2. The molecule has 10 nitrogen and oxygen atoms in total. The summed E-state index contributed by atoms with van der Waals surface area (Å²) in [5.74, 6) is 1.83. The molecule has 6 rings (SSSR count). The Labute approximate surface area is 206 Å². The lowest BCUT2D eigenvalue weighted by atomic mass is 9.94. The summed E-state index contributed by atoms with van der Waals surface area (Å²) in [7, 11) is 0. The maximum absolute atomic E-state index is 12.7. The highest BCUT2D eigenvalue weighted by Gasteiger charge is 2.25. The first kappa shape index (κ1) is 21.8. The van der Waals surface area contributed by atoms with Crippen LogP contribution in [0, 0.1) is 0 Å². The Kier molecular flexibility index (Phi) is 5.53. The monoisotopic (exact) mass is 480 g/mol. The third-order valence-corrected chi connectivity index (χ3v) is 6.32. The minimum absolute atomic E-state index is 0.0433. The number of aromatic nitrogens is 6. The molecule has 0 spiro atoms. The van der Waals surface area contributed by atoms with E-state index < -0.39 is 0 Å². The van der Waals surface area contributed by atoms with Crippen LogP contribution in [-0.2, 0) is 12.8 Å². The van der Waals surface area contributed by atoms with Gasteiger partial charge in [-0.05, 0) is 48.4 Å². The molecular formula is C26H24N8O2. The van der Waals surface area contributed by atoms with Crippen molar-refractivity contribution in [1.82, 2.24) is 35.2 Å². The van der Waals surface area contributed by atoms with Crippen LogP contribution in [0.3, 0.4) is 0 Å². The minimum Gasteiger partial charge on any atom is -0.493 e. The standard InChI is InChI=1S/C26H24N8O2/c27-26-30-8-6-20(34-26)15-1-3-21-22(11-15)33-24(32-21)18-10-17-9-16(2-4-23(17)36-13-18)25(35)29-7-5-19-12-28-14-31-19/h1-4,6,8-9,11-12,14,18H,5,7,10,13H2,(H,28,31)(H,29,35)(H,32,33)(H2,27,30,34). The summed E-state index contributed by atoms with van der Waals surface area (Å²) in [5, 5.41) is 2.96. The molecule has 1 unspecified atom stereocenters. The van der Waals surface area contributed by atoms with Crippen LogP contribution in [-0.4, -0.2) is 49.0 Å². The van der Waals surface area contributed by atoms with Gasteiger partial charge in [0.15, 0.2) is 0 Å². The number of nitrogens with zero attached hydrogens (tertiary/aromatic N) is 4. The number of carbonyl (C=O) groups is 1. The molecule has 0 fully saturated rings. The quantitative estimate of drug-likeness (QED) is 0.292. The van der Waals surface area contributed by atoms with E-state index in [-0.39, 0.29) is 17.8 Å². The van der Waals surface area contributed by atoms with Crippen LogP contribution in [0.15, 0.2) is 61.2 Å². The van der Waals surface area contributed by atoms with Crippen LogP contribution < -0.4 is 15.8 Å². The van der Waals surface area contributed by atoms with Crippen molar-refractivity contribution >= 4 is 22.9 Å². The summed E-state index contributed by atoms with van der Waals surface area (Å²) < 4.78 is 6.02. The molecule has 1 atom stereocenters. The van der Waals surface area contributed by atoms with Crippen LogP contribution in [0.5, 0.6) is 5.75 Å². The molecule has 180 valence electrons. The lowest BCUT2D eigenvalue weighted by Crippen LogP contribution is -2.26. The van der Waals surface area contributed by atoms with E-state index in [2.05, 4.69) is 30.2 Å². The van der Waals surface area contributed by atoms with Gasteiger partial charge in [-0.1, -0.05) is 6.07 Å². The number of hydrogen-bond donors (Lipinski definition) is 4. The number of rotatable bonds is 6. The van der Waals surface area contributed by atoms with Crippen molar-refractivity contribution in [2.75, 3.05) is 18.9 Å². The van der Waals surface area contributed by atoms with Crippen molar-refractivity contribution in [2.24, 2.45) is 0 Å². The fourth-order valence-electron chi connectivity index (χ4n) is 4.46. The van der Waals surface area contributed by atoms with Crippen molar-refractivity contribution < 1.29 is 9.53 Å². The molecule has 36 heavy (non-hydrogen) atoms. The Morgan fingerprint density at radius 1 is 1.17 bits per heavy atom. The number of nitrogen functional groups attached to an aromatic ring is 1. The number of carbonyl (C=O) groups excluding carboxylic acids is 1. The molecule has 1 aliphatic rings. The first-order chi connectivity index (χ1) is 17.6. The number of benzene rings is 2. The van der Waals surface area contributed by atoms with Crippen molar-refractivity contribution in [3.05, 3.63) is 83.8 Å². The van der Waals surface area contributed by atoms with Crippen LogP contribution in [0.1, 0.15) is 33.4 Å². The molecule has 1 aliphatic heterocycles. The van der Waals surface area contributed by atoms with E-state index in [1.807, 2.05) is 36.4 Å². The summed E-state index contributed by atoms with van der Waals surface area (Å²) in [4.78, 5) is 36.2. The number of anilines is 1. The number of nitrogens with one attached hydrogen (secondary N) is 3. The molecule has 0 saturated carbocycles. The van der Waals surface area contributed by atoms with Crippen molar-refractivity contribution in [2.45, 2.75) is 18.8 Å². The summed E-state index contributed by atoms with van der Waals surface area (Å²) in [5.41, 5.74) is 11.8. The van der Waals surface area contributed by atoms with E-state index in [1.54, 1.807) is 24.8 Å². The zero-order valence-electron chi connectivity index (χ0n) is 19.4. The SMILES string of the molecule is Nc1nccc(-c2ccc3nc(C4COc5ccc(C(=O)NCCc6cnc[nH]6)cc5C4)[nH]c3c2)n1. The zero-order chi connectivity index (χ0) is 24.5. The van der Waals surface area contributed by atoms with Gasteiger partial charge in [0.1, 0.15) is 11.6 Å². The summed E-state index contributed by atoms with van der Waals surface area (Å²) in [6.07, 6.45) is 6.45. The fraction of sp³-hybridized carbons (Fsp3) is 0.192. The van der Waals surface area contributed by atoms with Crippen molar-refractivity contribution in [1.29, 1.82) is 0 Å². The van der Waals surface area contributed by atoms with Crippen molar-refractivity contribution in [3.8, 4) is 17.0 Å². The molecular weight excluding hydrogens is 456 g/mol. The van der Waals surface area contributed by atoms with Gasteiger partial charge in [0.05, 0.1) is 35.6 Å². The lowest BCUT2D eigenvalue weighted by molar-refractivity contribution is 0.0954. The molecule has 4 heterocycles. The molecule has 1 amide bonds. The first-order valence-electron chi connectivity index (χ1n) is 11.7. The second kappa shape index (κ2) is 9.14. The van der Waals surface area contributed by atoms with E-state index in [9.17, 15) is 4.79 Å². The van der Waals surface area contributed by atoms with Gasteiger partial charge in [0.25, 0.3) is 5.91 Å². The highest BCUT2D eigenvalue weighted by atomic mass is 16.5. The Bertz CT molecular complexity index is 1540. The Morgan fingerprint density at radius 3 is 2.97 bits per heavy atom. The van der Waals surface area contributed by atoms with E-state index >= 15 is 0 Å². The third kappa shape index (κ3) is 4.36. The predicted octanol–water partition coefficient (Wildman–Crippen LogP) is 3.02. The van der Waals surface area contributed by atoms with E-state index in [0.29, 0.717) is 25.1 Å². The van der Waals surface area contributed by atoms with E-state index in [0.717, 1.165) is 51.5 Å². The number of aromatic amines is 2. The van der Waals surface area contributed by atoms with Gasteiger partial charge < -0.3 is 25.8 Å². The number of fused-ring (bicyclic) bond motifs is 2. The zero-order valence-corrected chi connectivity index (χ0v) is 19.4. The summed E-state index contributed by atoms with van der Waals surface area (Å²) >= 11 is 0. The smallest absolute Gasteiger partial charge is 0.251 e. The van der Waals surface area contributed by atoms with Gasteiger partial charge in [0.2, 0.25) is 5.95 Å². The number of hydrogen-bond acceptors (Lipinski definition) is 7. The van der Waals surface area contributed by atoms with Crippen LogP contribution in [0.2, 0.25) is 0 Å². The highest BCUT2D eigenvalue weighted by Crippen LogP contribution is 2.33. The second-order valence-electron chi connectivity index (χ2n) is 8.77. The maximum atomic E-state index is 12.7. The van der Waals surface area contributed by atoms with Crippen LogP contribution in [0.25, 0.3) is 22.3 Å². The second-order valence-corrected chi connectivity index (χ2v) is 8.77. The maximum Gasteiger partial charge on any atom is 0.251 e. The third-order valence-electron chi connectivity index (χ3n) is 6.32. The first-order valence-corrected chi connectivity index (χ1v) is 11.7. The van der Waals surface area contributed by atoms with Crippen LogP contribution in [0.4, 0.5) is 5.95 Å². The summed E-state index contributed by atoms with van der Waals surface area (Å²) in [6, 6.07) is 13.3. The fourth-order valence-corrected chi connectivity index (χ4v) is 4.46. The Balaban J connectivity index is 1.18. The molecule has 0 radical (unpaired) electrons. The minimum atomic E-state index is -0.110. The topological polar surface area (TPSA) is 147 Å². The molecule has 2 aromatic carbocycles. The number of ether oxygens (including phenoxy) is 1. The molecule has 0 aliphatic carbocycles. The largest absolute Gasteiger partial charge is 0.493 e. The molecule has 5 N–H and O–H groups in total. The Morgan fingerprint density at radius 2 is 2.11 bits per heavy atom. The summed E-state index contributed by atoms with van der Waals surface area (Å²) in [6.45, 7) is 1.04. The van der Waals surface area contributed by atoms with Gasteiger partial charge in [-0.2, -0.15) is 0 Å². The molecule has 3 aromatic heterocycles. The van der Waals surface area contributed by atoms with Gasteiger partial charge in [0, 0.05) is 42.2 Å². The molecule has 5 aromatic rings. The highest BCUT2D eigenvalue weighted by molar-refractivity contribution is 5.94. The molecule has 10 heteroatoms. The number of amides is 1. The van der Waals surface area contributed by atoms with E-state index in [1.165, 1.54) is 0 Å². The van der Waals surface area contributed by atoms with Gasteiger partial charge >= 0.3 is 0 Å². The number of nitrogens with two attached hydrogens (primary N) is 1. The predicted molar refractivity (Wildman–Crippen MR) is 135 cm³/mol. The lowest BCUT2D eigenvalue weighted by Gasteiger charge is -2.24. The molecule has 0 bridgehead atoms. The molecule has 0 saturated heterocycles. The van der Waals surface area contributed by atoms with Gasteiger partial charge in [-0.3, -0.25) is 4.79 Å². The normalized spacial score (nSPS) is 14.8. The Hall–Kier alpha value is -4.73. The average molecular weight is 481 g/mol. The average Bonchev–Trinajstić information content (AvgIpc) is 3.57. The van der Waals surface area contributed by atoms with Gasteiger partial charge in [-0.25, -0.2) is 19.9 Å². The van der Waals surface area contributed by atoms with Crippen molar-refractivity contribution in [3.63, 3.8) is 0 Å². The van der Waals surface area contributed by atoms with E-state index in [4.69, 9.17) is 15.5 Å². The van der Waals surface area contributed by atoms with Gasteiger partial charge in [-0.15, -0.1) is 0 Å².